The molecule has 4 N–H and O–H groups in total. The third-order valence-electron chi connectivity index (χ3n) is 4.84. The predicted molar refractivity (Wildman–Crippen MR) is 123 cm³/mol. The quantitative estimate of drug-likeness (QED) is 0.338. The second kappa shape index (κ2) is 9.03. The number of hydrogen-bond acceptors (Lipinski definition) is 6. The SMILES string of the molecule is COc1ccc(-c2cc(NC(=O)Nc3ccccc3C#N)n(-c3ccc(O)c(O)c3)n2)cc1. The number of phenols is 2. The number of hydrogen-bond donors (Lipinski definition) is 4. The summed E-state index contributed by atoms with van der Waals surface area (Å²) in [5.74, 6) is 0.391. The summed E-state index contributed by atoms with van der Waals surface area (Å²) in [5, 5.41) is 38.8. The number of benzene rings is 3. The van der Waals surface area contributed by atoms with Crippen LogP contribution in [-0.2, 0) is 0 Å². The van der Waals surface area contributed by atoms with Crippen molar-refractivity contribution in [2.45, 2.75) is 0 Å². The van der Waals surface area contributed by atoms with Gasteiger partial charge < -0.3 is 20.3 Å². The van der Waals surface area contributed by atoms with Crippen molar-refractivity contribution in [1.82, 2.24) is 9.78 Å². The molecule has 0 bridgehead atoms. The molecule has 4 rings (SSSR count). The molecule has 9 heteroatoms. The Hall–Kier alpha value is -4.97. The lowest BCUT2D eigenvalue weighted by molar-refractivity contribution is 0.262. The fourth-order valence-corrected chi connectivity index (χ4v) is 3.17. The Morgan fingerprint density at radius 2 is 1.76 bits per heavy atom. The Kier molecular flexibility index (Phi) is 5.82. The minimum atomic E-state index is -0.580. The molecule has 0 aliphatic rings. The summed E-state index contributed by atoms with van der Waals surface area (Å²) in [6, 6.07) is 21.2. The van der Waals surface area contributed by atoms with Crippen molar-refractivity contribution in [3.63, 3.8) is 0 Å². The van der Waals surface area contributed by atoms with Crippen molar-refractivity contribution in [2.24, 2.45) is 0 Å². The molecule has 9 nitrogen and oxygen atoms in total. The van der Waals surface area contributed by atoms with Crippen molar-refractivity contribution in [3.8, 4) is 40.3 Å². The summed E-state index contributed by atoms with van der Waals surface area (Å²) in [6.07, 6.45) is 0. The van der Waals surface area contributed by atoms with E-state index in [1.807, 2.05) is 18.2 Å². The van der Waals surface area contributed by atoms with Gasteiger partial charge in [-0.15, -0.1) is 0 Å². The number of amides is 2. The summed E-state index contributed by atoms with van der Waals surface area (Å²) in [7, 11) is 1.58. The van der Waals surface area contributed by atoms with E-state index in [0.717, 1.165) is 5.56 Å². The number of carbonyl (C=O) groups excluding carboxylic acids is 1. The Morgan fingerprint density at radius 3 is 2.45 bits per heavy atom. The van der Waals surface area contributed by atoms with E-state index in [-0.39, 0.29) is 11.5 Å². The highest BCUT2D eigenvalue weighted by Gasteiger charge is 2.16. The molecule has 0 atom stereocenters. The number of para-hydroxylation sites is 1. The van der Waals surface area contributed by atoms with Gasteiger partial charge in [0.25, 0.3) is 0 Å². The zero-order chi connectivity index (χ0) is 23.4. The van der Waals surface area contributed by atoms with Gasteiger partial charge in [0.05, 0.1) is 29.7 Å². The number of anilines is 2. The first-order chi connectivity index (χ1) is 16.0. The molecule has 2 amide bonds. The number of aromatic nitrogens is 2. The van der Waals surface area contributed by atoms with Gasteiger partial charge in [0.15, 0.2) is 11.5 Å². The number of phenolic OH excluding ortho intramolecular Hbond substituents is 2. The lowest BCUT2D eigenvalue weighted by Gasteiger charge is -2.11. The molecule has 0 saturated heterocycles. The van der Waals surface area contributed by atoms with E-state index < -0.39 is 6.03 Å². The zero-order valence-electron chi connectivity index (χ0n) is 17.5. The Bertz CT molecular complexity index is 1360. The molecule has 0 aliphatic carbocycles. The van der Waals surface area contributed by atoms with Crippen molar-refractivity contribution in [3.05, 3.63) is 78.4 Å². The zero-order valence-corrected chi connectivity index (χ0v) is 17.5. The molecular weight excluding hydrogens is 422 g/mol. The van der Waals surface area contributed by atoms with E-state index in [4.69, 9.17) is 4.74 Å². The first kappa shape index (κ1) is 21.3. The van der Waals surface area contributed by atoms with E-state index in [1.54, 1.807) is 55.6 Å². The number of ether oxygens (including phenoxy) is 1. The third-order valence-corrected chi connectivity index (χ3v) is 4.84. The monoisotopic (exact) mass is 441 g/mol. The number of nitriles is 1. The maximum atomic E-state index is 12.7. The normalized spacial score (nSPS) is 10.3. The number of aromatic hydroxyl groups is 2. The van der Waals surface area contributed by atoms with Crippen LogP contribution in [0.2, 0.25) is 0 Å². The number of nitrogens with zero attached hydrogens (tertiary/aromatic N) is 3. The molecule has 164 valence electrons. The van der Waals surface area contributed by atoms with Gasteiger partial charge in [-0.3, -0.25) is 5.32 Å². The standard InChI is InChI=1S/C24H19N5O4/c1-33-18-9-6-15(7-10-18)20-13-23(29(28-20)17-8-11-21(30)22(31)12-17)27-24(32)26-19-5-3-2-4-16(19)14-25/h2-13,30-31H,1H3,(H2,26,27,32). The summed E-state index contributed by atoms with van der Waals surface area (Å²) >= 11 is 0. The Morgan fingerprint density at radius 1 is 1.00 bits per heavy atom. The lowest BCUT2D eigenvalue weighted by atomic mass is 10.1. The highest BCUT2D eigenvalue weighted by Crippen LogP contribution is 2.31. The minimum Gasteiger partial charge on any atom is -0.504 e. The van der Waals surface area contributed by atoms with Crippen LogP contribution in [-0.4, -0.2) is 33.1 Å². The van der Waals surface area contributed by atoms with Crippen LogP contribution < -0.4 is 15.4 Å². The topological polar surface area (TPSA) is 132 Å². The number of carbonyl (C=O) groups is 1. The third kappa shape index (κ3) is 4.55. The predicted octanol–water partition coefficient (Wildman–Crippen LogP) is 4.47. The molecule has 3 aromatic carbocycles. The van der Waals surface area contributed by atoms with Crippen molar-refractivity contribution < 1.29 is 19.7 Å². The average molecular weight is 441 g/mol. The molecule has 1 heterocycles. The summed E-state index contributed by atoms with van der Waals surface area (Å²) in [6.45, 7) is 0. The molecule has 0 unspecified atom stereocenters. The molecule has 33 heavy (non-hydrogen) atoms. The molecule has 4 aromatic rings. The van der Waals surface area contributed by atoms with Gasteiger partial charge in [-0.05, 0) is 48.5 Å². The average Bonchev–Trinajstić information content (AvgIpc) is 3.24. The van der Waals surface area contributed by atoms with Crippen molar-refractivity contribution in [1.29, 1.82) is 5.26 Å². The number of methoxy groups -OCH3 is 1. The van der Waals surface area contributed by atoms with Crippen LogP contribution in [0, 0.1) is 11.3 Å². The molecule has 0 spiro atoms. The molecule has 1 aromatic heterocycles. The van der Waals surface area contributed by atoms with Gasteiger partial charge in [0.1, 0.15) is 17.6 Å². The van der Waals surface area contributed by atoms with Gasteiger partial charge in [0, 0.05) is 17.7 Å². The van der Waals surface area contributed by atoms with Gasteiger partial charge >= 0.3 is 6.03 Å². The van der Waals surface area contributed by atoms with Crippen LogP contribution >= 0.6 is 0 Å². The second-order valence-electron chi connectivity index (χ2n) is 6.96. The molecule has 0 radical (unpaired) electrons. The first-order valence-corrected chi connectivity index (χ1v) is 9.82. The van der Waals surface area contributed by atoms with E-state index in [0.29, 0.717) is 34.2 Å². The van der Waals surface area contributed by atoms with E-state index in [2.05, 4.69) is 15.7 Å². The highest BCUT2D eigenvalue weighted by atomic mass is 16.5. The van der Waals surface area contributed by atoms with Gasteiger partial charge in [-0.1, -0.05) is 12.1 Å². The highest BCUT2D eigenvalue weighted by molar-refractivity contribution is 6.00. The fourth-order valence-electron chi connectivity index (χ4n) is 3.17. The van der Waals surface area contributed by atoms with Crippen LogP contribution in [0.15, 0.2) is 72.8 Å². The van der Waals surface area contributed by atoms with Crippen molar-refractivity contribution >= 4 is 17.5 Å². The maximum absolute atomic E-state index is 12.7. The van der Waals surface area contributed by atoms with Gasteiger partial charge in [-0.2, -0.15) is 10.4 Å². The second-order valence-corrected chi connectivity index (χ2v) is 6.96. The van der Waals surface area contributed by atoms with E-state index in [9.17, 15) is 20.3 Å². The summed E-state index contributed by atoms with van der Waals surface area (Å²) in [4.78, 5) is 12.7. The lowest BCUT2D eigenvalue weighted by Crippen LogP contribution is -2.21. The van der Waals surface area contributed by atoms with Crippen LogP contribution in [0.5, 0.6) is 17.2 Å². The van der Waals surface area contributed by atoms with Crippen LogP contribution in [0.1, 0.15) is 5.56 Å². The Balaban J connectivity index is 1.70. The largest absolute Gasteiger partial charge is 0.504 e. The van der Waals surface area contributed by atoms with E-state index >= 15 is 0 Å². The van der Waals surface area contributed by atoms with Crippen molar-refractivity contribution in [2.75, 3.05) is 17.7 Å². The smallest absolute Gasteiger partial charge is 0.324 e. The van der Waals surface area contributed by atoms with Crippen LogP contribution in [0.25, 0.3) is 16.9 Å². The number of nitrogens with one attached hydrogen (secondary N) is 2. The van der Waals surface area contributed by atoms with Crippen LogP contribution in [0.3, 0.4) is 0 Å². The number of rotatable bonds is 5. The fraction of sp³-hybridized carbons (Fsp3) is 0.0417. The molecule has 0 saturated carbocycles. The Labute approximate surface area is 189 Å². The van der Waals surface area contributed by atoms with Crippen LogP contribution in [0.4, 0.5) is 16.3 Å². The minimum absolute atomic E-state index is 0.276. The summed E-state index contributed by atoms with van der Waals surface area (Å²) in [5.41, 5.74) is 2.43. The molecule has 0 fully saturated rings. The van der Waals surface area contributed by atoms with E-state index in [1.165, 1.54) is 16.8 Å². The maximum Gasteiger partial charge on any atom is 0.324 e. The van der Waals surface area contributed by atoms with Gasteiger partial charge in [-0.25, -0.2) is 9.48 Å². The van der Waals surface area contributed by atoms with Gasteiger partial charge in [0.2, 0.25) is 0 Å². The molecule has 0 aliphatic heterocycles. The summed E-state index contributed by atoms with van der Waals surface area (Å²) < 4.78 is 6.62. The first-order valence-electron chi connectivity index (χ1n) is 9.82. The number of urea groups is 1. The molecular formula is C24H19N5O4.